The molecule has 0 bridgehead atoms. The molecule has 1 aliphatic rings. The molecule has 1 aliphatic carbocycles. The second-order valence-electron chi connectivity index (χ2n) is 7.56. The van der Waals surface area contributed by atoms with E-state index < -0.39 is 9.84 Å². The fraction of sp³-hybridized carbons (Fsp3) is 0.208. The first-order chi connectivity index (χ1) is 14.4. The van der Waals surface area contributed by atoms with Crippen LogP contribution in [0.25, 0.3) is 0 Å². The topological polar surface area (TPSA) is 54.5 Å². The van der Waals surface area contributed by atoms with E-state index in [1.54, 1.807) is 54.6 Å². The van der Waals surface area contributed by atoms with Gasteiger partial charge in [-0.05, 0) is 60.4 Å². The van der Waals surface area contributed by atoms with E-state index in [1.807, 2.05) is 29.2 Å². The summed E-state index contributed by atoms with van der Waals surface area (Å²) >= 11 is 3.48. The number of amides is 1. The summed E-state index contributed by atoms with van der Waals surface area (Å²) < 4.78 is 26.1. The quantitative estimate of drug-likeness (QED) is 0.462. The van der Waals surface area contributed by atoms with Crippen molar-refractivity contribution in [3.05, 3.63) is 100 Å². The zero-order chi connectivity index (χ0) is 21.1. The van der Waals surface area contributed by atoms with Crippen LogP contribution in [0.5, 0.6) is 0 Å². The first-order valence-electron chi connectivity index (χ1n) is 9.84. The lowest BCUT2D eigenvalue weighted by Gasteiger charge is -2.23. The minimum Gasteiger partial charge on any atom is -0.331 e. The Hall–Kier alpha value is -2.44. The van der Waals surface area contributed by atoms with Gasteiger partial charge in [-0.25, -0.2) is 8.42 Å². The van der Waals surface area contributed by atoms with Gasteiger partial charge < -0.3 is 4.90 Å². The predicted molar refractivity (Wildman–Crippen MR) is 121 cm³/mol. The van der Waals surface area contributed by atoms with Crippen LogP contribution in [0.15, 0.2) is 88.2 Å². The second kappa shape index (κ2) is 8.74. The molecule has 0 N–H and O–H groups in total. The van der Waals surface area contributed by atoms with Crippen molar-refractivity contribution in [2.24, 2.45) is 0 Å². The molecule has 0 radical (unpaired) electrons. The molecule has 0 saturated heterocycles. The molecule has 1 saturated carbocycles. The van der Waals surface area contributed by atoms with Gasteiger partial charge in [0.25, 0.3) is 5.91 Å². The second-order valence-corrected chi connectivity index (χ2v) is 10.5. The Kier molecular flexibility index (Phi) is 6.06. The van der Waals surface area contributed by atoms with E-state index in [1.165, 1.54) is 0 Å². The van der Waals surface area contributed by atoms with Crippen molar-refractivity contribution in [3.63, 3.8) is 0 Å². The van der Waals surface area contributed by atoms with Crippen LogP contribution in [0.4, 0.5) is 0 Å². The summed E-state index contributed by atoms with van der Waals surface area (Å²) in [5.74, 6) is -0.106. The van der Waals surface area contributed by atoms with E-state index in [9.17, 15) is 13.2 Å². The summed E-state index contributed by atoms with van der Waals surface area (Å²) in [6.45, 7) is 0.563. The van der Waals surface area contributed by atoms with Crippen LogP contribution in [0.2, 0.25) is 0 Å². The highest BCUT2D eigenvalue weighted by Gasteiger charge is 2.33. The van der Waals surface area contributed by atoms with Crippen molar-refractivity contribution in [1.29, 1.82) is 0 Å². The van der Waals surface area contributed by atoms with Gasteiger partial charge in [-0.2, -0.15) is 0 Å². The summed E-state index contributed by atoms with van der Waals surface area (Å²) in [7, 11) is -3.41. The number of hydrogen-bond acceptors (Lipinski definition) is 3. The van der Waals surface area contributed by atoms with Crippen LogP contribution in [0, 0.1) is 0 Å². The molecule has 0 aromatic heterocycles. The molecule has 0 aliphatic heterocycles. The molecule has 3 aromatic rings. The van der Waals surface area contributed by atoms with Gasteiger partial charge in [-0.15, -0.1) is 0 Å². The third-order valence-electron chi connectivity index (χ3n) is 5.15. The van der Waals surface area contributed by atoms with Gasteiger partial charge >= 0.3 is 0 Å². The fourth-order valence-corrected chi connectivity index (χ4v) is 5.24. The summed E-state index contributed by atoms with van der Waals surface area (Å²) in [5.41, 5.74) is 2.33. The average Bonchev–Trinajstić information content (AvgIpc) is 3.58. The number of nitrogens with zero attached hydrogens (tertiary/aromatic N) is 1. The van der Waals surface area contributed by atoms with Crippen molar-refractivity contribution in [2.45, 2.75) is 36.1 Å². The van der Waals surface area contributed by atoms with E-state index in [0.29, 0.717) is 22.6 Å². The molecular formula is C24H22BrNO3S. The molecule has 4 rings (SSSR count). The Balaban J connectivity index is 1.49. The standard InChI is InChI=1S/C24H22BrNO3S/c25-21-6-4-5-19(15-21)16-26(22-13-14-22)24(27)20-11-9-18(10-12-20)17-30(28,29)23-7-2-1-3-8-23/h1-12,15,22H,13-14,16-17H2. The first kappa shape index (κ1) is 20.8. The van der Waals surface area contributed by atoms with Crippen LogP contribution < -0.4 is 0 Å². The molecule has 6 heteroatoms. The minimum atomic E-state index is -3.41. The fourth-order valence-electron chi connectivity index (χ4n) is 3.42. The number of halogens is 1. The van der Waals surface area contributed by atoms with Crippen molar-refractivity contribution in [2.75, 3.05) is 0 Å². The zero-order valence-corrected chi connectivity index (χ0v) is 18.8. The molecule has 154 valence electrons. The van der Waals surface area contributed by atoms with Gasteiger partial charge in [-0.1, -0.05) is 58.4 Å². The molecule has 0 heterocycles. The molecule has 0 unspecified atom stereocenters. The Labute approximate surface area is 185 Å². The Bertz CT molecular complexity index is 1140. The minimum absolute atomic E-state index is 0.0186. The Morgan fingerprint density at radius 1 is 0.900 bits per heavy atom. The van der Waals surface area contributed by atoms with Gasteiger partial charge in [0.2, 0.25) is 0 Å². The van der Waals surface area contributed by atoms with Gasteiger partial charge in [0.15, 0.2) is 9.84 Å². The SMILES string of the molecule is O=C(c1ccc(CS(=O)(=O)c2ccccc2)cc1)N(Cc1cccc(Br)c1)C1CC1. The lowest BCUT2D eigenvalue weighted by molar-refractivity contribution is 0.0730. The van der Waals surface area contributed by atoms with E-state index in [0.717, 1.165) is 22.9 Å². The van der Waals surface area contributed by atoms with E-state index >= 15 is 0 Å². The first-order valence-corrected chi connectivity index (χ1v) is 12.3. The monoisotopic (exact) mass is 483 g/mol. The number of rotatable bonds is 7. The largest absolute Gasteiger partial charge is 0.331 e. The molecule has 30 heavy (non-hydrogen) atoms. The van der Waals surface area contributed by atoms with Gasteiger partial charge in [0.05, 0.1) is 10.6 Å². The van der Waals surface area contributed by atoms with Crippen LogP contribution >= 0.6 is 15.9 Å². The van der Waals surface area contributed by atoms with Gasteiger partial charge in [-0.3, -0.25) is 4.79 Å². The third-order valence-corrected chi connectivity index (χ3v) is 7.35. The summed E-state index contributed by atoms with van der Waals surface area (Å²) in [6.07, 6.45) is 2.04. The number of carbonyl (C=O) groups is 1. The van der Waals surface area contributed by atoms with Crippen molar-refractivity contribution >= 4 is 31.7 Å². The maximum absolute atomic E-state index is 13.1. The van der Waals surface area contributed by atoms with E-state index in [2.05, 4.69) is 15.9 Å². The lowest BCUT2D eigenvalue weighted by atomic mass is 10.1. The molecule has 4 nitrogen and oxygen atoms in total. The molecule has 1 fully saturated rings. The zero-order valence-electron chi connectivity index (χ0n) is 16.4. The molecule has 0 atom stereocenters. The maximum atomic E-state index is 13.1. The molecule has 3 aromatic carbocycles. The molecule has 0 spiro atoms. The Morgan fingerprint density at radius 2 is 1.60 bits per heavy atom. The number of benzene rings is 3. The van der Waals surface area contributed by atoms with Crippen molar-refractivity contribution in [1.82, 2.24) is 4.90 Å². The van der Waals surface area contributed by atoms with Crippen LogP contribution in [0.1, 0.15) is 34.3 Å². The lowest BCUT2D eigenvalue weighted by Crippen LogP contribution is -2.32. The number of carbonyl (C=O) groups excluding carboxylic acids is 1. The van der Waals surface area contributed by atoms with Gasteiger partial charge in [0.1, 0.15) is 0 Å². The molecule has 1 amide bonds. The normalized spacial score (nSPS) is 13.8. The van der Waals surface area contributed by atoms with Crippen LogP contribution in [0.3, 0.4) is 0 Å². The highest BCUT2D eigenvalue weighted by atomic mass is 79.9. The number of hydrogen-bond donors (Lipinski definition) is 0. The average molecular weight is 484 g/mol. The highest BCUT2D eigenvalue weighted by Crippen LogP contribution is 2.30. The van der Waals surface area contributed by atoms with E-state index in [4.69, 9.17) is 0 Å². The highest BCUT2D eigenvalue weighted by molar-refractivity contribution is 9.10. The molecular weight excluding hydrogens is 462 g/mol. The third kappa shape index (κ3) is 4.99. The summed E-state index contributed by atoms with van der Waals surface area (Å²) in [4.78, 5) is 15.3. The van der Waals surface area contributed by atoms with Crippen molar-refractivity contribution < 1.29 is 13.2 Å². The van der Waals surface area contributed by atoms with Gasteiger partial charge in [0, 0.05) is 22.6 Å². The Morgan fingerprint density at radius 3 is 2.23 bits per heavy atom. The number of sulfone groups is 1. The summed E-state index contributed by atoms with van der Waals surface area (Å²) in [6, 6.07) is 23.6. The van der Waals surface area contributed by atoms with E-state index in [-0.39, 0.29) is 17.7 Å². The predicted octanol–water partition coefficient (Wildman–Crippen LogP) is 5.23. The van der Waals surface area contributed by atoms with Crippen LogP contribution in [-0.2, 0) is 22.1 Å². The maximum Gasteiger partial charge on any atom is 0.254 e. The van der Waals surface area contributed by atoms with Crippen LogP contribution in [-0.4, -0.2) is 25.3 Å². The van der Waals surface area contributed by atoms with Crippen molar-refractivity contribution in [3.8, 4) is 0 Å². The summed E-state index contributed by atoms with van der Waals surface area (Å²) in [5, 5.41) is 0. The smallest absolute Gasteiger partial charge is 0.254 e.